The van der Waals surface area contributed by atoms with Gasteiger partial charge in [0.1, 0.15) is 5.71 Å². The van der Waals surface area contributed by atoms with Crippen LogP contribution in [0.5, 0.6) is 0 Å². The zero-order valence-electron chi connectivity index (χ0n) is 18.8. The highest BCUT2D eigenvalue weighted by Crippen LogP contribution is 2.36. The molecule has 0 spiro atoms. The van der Waals surface area contributed by atoms with Gasteiger partial charge >= 0.3 is 0 Å². The smallest absolute Gasteiger partial charge is 0.287 e. The van der Waals surface area contributed by atoms with Gasteiger partial charge in [-0.05, 0) is 36.6 Å². The fraction of sp³-hybridized carbons (Fsp3) is 0.320. The van der Waals surface area contributed by atoms with Crippen molar-refractivity contribution in [3.8, 4) is 11.3 Å². The first-order valence-electron chi connectivity index (χ1n) is 10.7. The highest BCUT2D eigenvalue weighted by atomic mass is 19.3. The van der Waals surface area contributed by atoms with Gasteiger partial charge in [0, 0.05) is 17.4 Å². The molecule has 0 unspecified atom stereocenters. The highest BCUT2D eigenvalue weighted by Gasteiger charge is 2.53. The quantitative estimate of drug-likeness (QED) is 0.480. The summed E-state index contributed by atoms with van der Waals surface area (Å²) in [7, 11) is 0. The van der Waals surface area contributed by atoms with Gasteiger partial charge in [0.2, 0.25) is 5.72 Å². The first-order valence-corrected chi connectivity index (χ1v) is 10.7. The minimum absolute atomic E-state index is 0.0741. The van der Waals surface area contributed by atoms with Crippen LogP contribution in [0.3, 0.4) is 0 Å². The third-order valence-electron chi connectivity index (χ3n) is 5.90. The molecule has 5 nitrogen and oxygen atoms in total. The Bertz CT molecular complexity index is 1280. The largest absolute Gasteiger partial charge is 0.364 e. The number of rotatable bonds is 5. The van der Waals surface area contributed by atoms with Crippen LogP contribution in [0.1, 0.15) is 47.7 Å². The second kappa shape index (κ2) is 8.79. The molecule has 34 heavy (non-hydrogen) atoms. The summed E-state index contributed by atoms with van der Waals surface area (Å²) in [6.45, 7) is 5.89. The molecule has 1 aliphatic heterocycles. The van der Waals surface area contributed by atoms with Crippen molar-refractivity contribution >= 4 is 22.5 Å². The standard InChI is InChI=1S/C25H23F4N3O2/c1-13(2)15-5-7-16(8-6-15)20-11-18(17-10-14(3)4-9-19(17)30-20)23(33)32-25(34,24(28)29)12-21(31-32)22(26)27/h4-11,13,22,24,34H,12H2,1-3H3/t25-/m0/s1. The number of halogens is 4. The highest BCUT2D eigenvalue weighted by molar-refractivity contribution is 6.08. The number of hydrogen-bond acceptors (Lipinski definition) is 4. The van der Waals surface area contributed by atoms with Crippen LogP contribution in [0.15, 0.2) is 53.6 Å². The van der Waals surface area contributed by atoms with E-state index in [2.05, 4.69) is 23.9 Å². The summed E-state index contributed by atoms with van der Waals surface area (Å²) < 4.78 is 53.9. The van der Waals surface area contributed by atoms with E-state index in [0.717, 1.165) is 11.1 Å². The SMILES string of the molecule is Cc1ccc2nc(-c3ccc(C(C)C)cc3)cc(C(=O)N3N=C(C(F)F)C[C@]3(O)C(F)F)c2c1. The number of carbonyl (C=O) groups is 1. The Morgan fingerprint density at radius 1 is 1.06 bits per heavy atom. The number of aromatic nitrogens is 1. The molecule has 0 saturated heterocycles. The second-order valence-corrected chi connectivity index (χ2v) is 8.72. The van der Waals surface area contributed by atoms with E-state index in [1.807, 2.05) is 24.3 Å². The Labute approximate surface area is 193 Å². The van der Waals surface area contributed by atoms with Crippen LogP contribution in [0, 0.1) is 6.92 Å². The van der Waals surface area contributed by atoms with E-state index in [0.29, 0.717) is 28.1 Å². The molecule has 0 fully saturated rings. The van der Waals surface area contributed by atoms with E-state index in [-0.39, 0.29) is 10.6 Å². The van der Waals surface area contributed by atoms with Crippen molar-refractivity contribution in [2.24, 2.45) is 5.10 Å². The van der Waals surface area contributed by atoms with Gasteiger partial charge in [-0.1, -0.05) is 49.7 Å². The lowest BCUT2D eigenvalue weighted by Gasteiger charge is -2.30. The lowest BCUT2D eigenvalue weighted by molar-refractivity contribution is -0.164. The minimum atomic E-state index is -3.51. The molecule has 2 heterocycles. The molecule has 3 aromatic rings. The van der Waals surface area contributed by atoms with Crippen molar-refractivity contribution < 1.29 is 27.5 Å². The van der Waals surface area contributed by atoms with Gasteiger partial charge in [0.05, 0.1) is 16.8 Å². The fourth-order valence-electron chi connectivity index (χ4n) is 3.92. The van der Waals surface area contributed by atoms with Crippen LogP contribution in [0.4, 0.5) is 17.6 Å². The zero-order chi connectivity index (χ0) is 24.8. The number of amides is 1. The van der Waals surface area contributed by atoms with E-state index in [1.165, 1.54) is 6.07 Å². The van der Waals surface area contributed by atoms with Crippen molar-refractivity contribution in [1.82, 2.24) is 9.99 Å². The monoisotopic (exact) mass is 473 g/mol. The van der Waals surface area contributed by atoms with Crippen LogP contribution < -0.4 is 0 Å². The number of pyridine rings is 1. The average Bonchev–Trinajstić information content (AvgIpc) is 3.17. The number of fused-ring (bicyclic) bond motifs is 1. The lowest BCUT2D eigenvalue weighted by Crippen LogP contribution is -2.51. The number of carbonyl (C=O) groups excluding carboxylic acids is 1. The molecule has 2 aromatic carbocycles. The number of nitrogens with zero attached hydrogens (tertiary/aromatic N) is 3. The maximum absolute atomic E-state index is 13.7. The molecule has 4 rings (SSSR count). The van der Waals surface area contributed by atoms with Gasteiger partial charge in [-0.15, -0.1) is 0 Å². The van der Waals surface area contributed by atoms with Gasteiger partial charge in [-0.2, -0.15) is 10.1 Å². The van der Waals surface area contributed by atoms with Crippen LogP contribution >= 0.6 is 0 Å². The zero-order valence-corrected chi connectivity index (χ0v) is 18.8. The molecule has 0 radical (unpaired) electrons. The molecule has 1 amide bonds. The first kappa shape index (κ1) is 23.8. The van der Waals surface area contributed by atoms with Gasteiger partial charge in [-0.3, -0.25) is 4.79 Å². The van der Waals surface area contributed by atoms with Crippen molar-refractivity contribution in [2.45, 2.75) is 51.7 Å². The van der Waals surface area contributed by atoms with Gasteiger partial charge < -0.3 is 5.11 Å². The predicted octanol–water partition coefficient (Wildman–Crippen LogP) is 5.75. The molecular formula is C25H23F4N3O2. The molecule has 0 aliphatic carbocycles. The molecule has 178 valence electrons. The van der Waals surface area contributed by atoms with E-state index < -0.39 is 36.6 Å². The van der Waals surface area contributed by atoms with E-state index in [4.69, 9.17) is 0 Å². The molecule has 1 aromatic heterocycles. The molecule has 1 N–H and O–H groups in total. The van der Waals surface area contributed by atoms with Crippen LogP contribution in [-0.4, -0.2) is 45.3 Å². The van der Waals surface area contributed by atoms with Crippen LogP contribution in [-0.2, 0) is 0 Å². The Kier molecular flexibility index (Phi) is 6.16. The summed E-state index contributed by atoms with van der Waals surface area (Å²) in [6, 6.07) is 14.1. The molecule has 0 saturated carbocycles. The number of aryl methyl sites for hydroxylation is 1. The van der Waals surface area contributed by atoms with Crippen molar-refractivity contribution in [1.29, 1.82) is 0 Å². The summed E-state index contributed by atoms with van der Waals surface area (Å²) in [5, 5.41) is 14.3. The lowest BCUT2D eigenvalue weighted by atomic mass is 9.98. The molecule has 1 atom stereocenters. The van der Waals surface area contributed by atoms with Gasteiger partial charge in [0.15, 0.2) is 0 Å². The molecular weight excluding hydrogens is 450 g/mol. The third-order valence-corrected chi connectivity index (χ3v) is 5.90. The molecule has 9 heteroatoms. The van der Waals surface area contributed by atoms with Crippen molar-refractivity contribution in [3.05, 3.63) is 65.2 Å². The van der Waals surface area contributed by atoms with E-state index in [1.54, 1.807) is 25.1 Å². The van der Waals surface area contributed by atoms with Crippen molar-refractivity contribution in [3.63, 3.8) is 0 Å². The Morgan fingerprint density at radius 3 is 2.32 bits per heavy atom. The maximum atomic E-state index is 13.7. The predicted molar refractivity (Wildman–Crippen MR) is 121 cm³/mol. The number of hydrazone groups is 1. The number of alkyl halides is 4. The van der Waals surface area contributed by atoms with Crippen molar-refractivity contribution in [2.75, 3.05) is 0 Å². The van der Waals surface area contributed by atoms with Crippen LogP contribution in [0.25, 0.3) is 22.2 Å². The topological polar surface area (TPSA) is 65.8 Å². The van der Waals surface area contributed by atoms with Crippen LogP contribution in [0.2, 0.25) is 0 Å². The Morgan fingerprint density at radius 2 is 1.74 bits per heavy atom. The Hall–Kier alpha value is -3.33. The number of aliphatic hydroxyl groups is 1. The Balaban J connectivity index is 1.88. The number of hydrogen-bond donors (Lipinski definition) is 1. The summed E-state index contributed by atoms with van der Waals surface area (Å²) >= 11 is 0. The summed E-state index contributed by atoms with van der Waals surface area (Å²) in [5.41, 5.74) is -0.843. The summed E-state index contributed by atoms with van der Waals surface area (Å²) in [4.78, 5) is 18.0. The molecule has 1 aliphatic rings. The maximum Gasteiger partial charge on any atom is 0.287 e. The first-order chi connectivity index (χ1) is 16.0. The average molecular weight is 473 g/mol. The molecule has 0 bridgehead atoms. The minimum Gasteiger partial charge on any atom is -0.364 e. The van der Waals surface area contributed by atoms with Gasteiger partial charge in [0.25, 0.3) is 18.8 Å². The second-order valence-electron chi connectivity index (χ2n) is 8.72. The van der Waals surface area contributed by atoms with E-state index >= 15 is 0 Å². The fourth-order valence-corrected chi connectivity index (χ4v) is 3.92. The van der Waals surface area contributed by atoms with Gasteiger partial charge in [-0.25, -0.2) is 22.5 Å². The summed E-state index contributed by atoms with van der Waals surface area (Å²) in [5.74, 6) is -0.806. The normalized spacial score (nSPS) is 18.4. The number of benzene rings is 2. The van der Waals surface area contributed by atoms with E-state index in [9.17, 15) is 27.5 Å². The third kappa shape index (κ3) is 4.16. The summed E-state index contributed by atoms with van der Waals surface area (Å²) in [6.07, 6.45) is -7.83.